The number of benzene rings is 1. The van der Waals surface area contributed by atoms with Gasteiger partial charge in [-0.15, -0.1) is 0 Å². The van der Waals surface area contributed by atoms with Crippen molar-refractivity contribution in [2.45, 2.75) is 48.5 Å². The van der Waals surface area contributed by atoms with Crippen molar-refractivity contribution >= 4 is 22.5 Å². The molecule has 1 aromatic heterocycles. The van der Waals surface area contributed by atoms with Crippen LogP contribution in [0.15, 0.2) is 42.6 Å². The number of hydrogen-bond acceptors (Lipinski definition) is 4. The minimum atomic E-state index is 0. The number of carbonyl (C=O) groups excluding carboxylic acids is 1. The molecule has 28 heavy (non-hydrogen) atoms. The van der Waals surface area contributed by atoms with Gasteiger partial charge in [-0.25, -0.2) is 0 Å². The molecule has 0 bridgehead atoms. The number of carbonyl (C=O) groups is 1. The molecule has 0 unspecified atom stereocenters. The highest BCUT2D eigenvalue weighted by Gasteiger charge is 2.06. The van der Waals surface area contributed by atoms with E-state index in [4.69, 9.17) is 4.74 Å². The second-order valence-corrected chi connectivity index (χ2v) is 6.17. The Morgan fingerprint density at radius 3 is 2.54 bits per heavy atom. The number of pyridine rings is 1. The van der Waals surface area contributed by atoms with Crippen molar-refractivity contribution in [3.63, 3.8) is 0 Å². The summed E-state index contributed by atoms with van der Waals surface area (Å²) in [5.74, 6) is 0.0238. The van der Waals surface area contributed by atoms with Crippen LogP contribution < -0.4 is 5.32 Å². The largest absolute Gasteiger partial charge is 0.378 e. The number of para-hydroxylation sites is 1. The molecule has 0 atom stereocenters. The van der Waals surface area contributed by atoms with Crippen LogP contribution in [0.2, 0.25) is 0 Å². The third kappa shape index (κ3) is 8.09. The molecule has 1 saturated heterocycles. The summed E-state index contributed by atoms with van der Waals surface area (Å²) >= 11 is 0. The molecule has 0 aliphatic carbocycles. The maximum absolute atomic E-state index is 11.4. The smallest absolute Gasteiger partial charge is 0.224 e. The van der Waals surface area contributed by atoms with E-state index in [1.54, 1.807) is 0 Å². The first-order chi connectivity index (χ1) is 12.6. The third-order valence-corrected chi connectivity index (χ3v) is 4.04. The number of rotatable bonds is 4. The van der Waals surface area contributed by atoms with E-state index in [9.17, 15) is 4.79 Å². The van der Waals surface area contributed by atoms with Gasteiger partial charge in [-0.05, 0) is 31.7 Å². The van der Waals surface area contributed by atoms with E-state index in [1.807, 2.05) is 44.2 Å². The molecule has 5 heteroatoms. The van der Waals surface area contributed by atoms with Crippen molar-refractivity contribution in [1.82, 2.24) is 9.88 Å². The fourth-order valence-electron chi connectivity index (χ4n) is 2.63. The van der Waals surface area contributed by atoms with E-state index < -0.39 is 0 Å². The number of aryl methyl sites for hydroxylation is 1. The maximum Gasteiger partial charge on any atom is 0.224 e. The Kier molecular flexibility index (Phi) is 12.5. The van der Waals surface area contributed by atoms with Gasteiger partial charge in [-0.1, -0.05) is 53.0 Å². The van der Waals surface area contributed by atoms with Gasteiger partial charge in [0.25, 0.3) is 0 Å². The number of nitrogens with zero attached hydrogens (tertiary/aromatic N) is 2. The predicted octanol–water partition coefficient (Wildman–Crippen LogP) is 5.41. The molecule has 1 amide bonds. The molecule has 0 radical (unpaired) electrons. The second kappa shape index (κ2) is 13.7. The molecule has 156 valence electrons. The molecule has 2 heterocycles. The lowest BCUT2D eigenvalue weighted by Gasteiger charge is -2.24. The molecule has 0 saturated carbocycles. The van der Waals surface area contributed by atoms with Gasteiger partial charge in [0.05, 0.1) is 24.4 Å². The molecule has 0 spiro atoms. The standard InChI is InChI=1S/C13H14N2O.C8H15NO.2CH4/c1-3-13(16)15-12-8-9(2)14-11-7-5-4-6-10(11)12;1-2-3-4-9-5-7-10-8-6-9;;/h4-8H,3H2,1-2H3,(H,14,15,16);3-4H,2,5-8H2,1H3;2*1H4. The van der Waals surface area contributed by atoms with Crippen LogP contribution >= 0.6 is 0 Å². The van der Waals surface area contributed by atoms with Crippen LogP contribution in [0.25, 0.3) is 10.9 Å². The molecule has 1 aromatic carbocycles. The summed E-state index contributed by atoms with van der Waals surface area (Å²) in [5.41, 5.74) is 2.66. The highest BCUT2D eigenvalue weighted by molar-refractivity contribution is 6.00. The Balaban J connectivity index is 0.000000532. The maximum atomic E-state index is 11.4. The Morgan fingerprint density at radius 2 is 1.89 bits per heavy atom. The highest BCUT2D eigenvalue weighted by Crippen LogP contribution is 2.22. The molecule has 5 nitrogen and oxygen atoms in total. The number of aromatic nitrogens is 1. The van der Waals surface area contributed by atoms with Gasteiger partial charge in [-0.3, -0.25) is 9.78 Å². The van der Waals surface area contributed by atoms with Crippen LogP contribution in [0.3, 0.4) is 0 Å². The van der Waals surface area contributed by atoms with Crippen molar-refractivity contribution in [2.75, 3.05) is 31.6 Å². The number of fused-ring (bicyclic) bond motifs is 1. The first-order valence-electron chi connectivity index (χ1n) is 9.28. The first kappa shape index (κ1) is 25.6. The van der Waals surface area contributed by atoms with Gasteiger partial charge in [0.2, 0.25) is 5.91 Å². The number of allylic oxidation sites excluding steroid dienone is 1. The number of anilines is 1. The third-order valence-electron chi connectivity index (χ3n) is 4.04. The number of ether oxygens (including phenoxy) is 1. The molecule has 1 aliphatic heterocycles. The molecule has 1 fully saturated rings. The predicted molar refractivity (Wildman–Crippen MR) is 121 cm³/mol. The molecular formula is C23H37N3O2. The highest BCUT2D eigenvalue weighted by atomic mass is 16.5. The van der Waals surface area contributed by atoms with Crippen molar-refractivity contribution in [1.29, 1.82) is 0 Å². The monoisotopic (exact) mass is 387 g/mol. The van der Waals surface area contributed by atoms with Crippen LogP contribution in [0.4, 0.5) is 5.69 Å². The fraction of sp³-hybridized carbons (Fsp3) is 0.478. The molecule has 2 aromatic rings. The van der Waals surface area contributed by atoms with E-state index in [0.717, 1.165) is 55.0 Å². The van der Waals surface area contributed by atoms with Gasteiger partial charge in [0, 0.05) is 30.6 Å². The average Bonchev–Trinajstić information content (AvgIpc) is 2.67. The van der Waals surface area contributed by atoms with Gasteiger partial charge in [0.15, 0.2) is 0 Å². The molecule has 1 aliphatic rings. The summed E-state index contributed by atoms with van der Waals surface area (Å²) in [4.78, 5) is 18.1. The Hall–Kier alpha value is -2.40. The van der Waals surface area contributed by atoms with Crippen molar-refractivity contribution < 1.29 is 9.53 Å². The van der Waals surface area contributed by atoms with E-state index in [0.29, 0.717) is 6.42 Å². The lowest BCUT2D eigenvalue weighted by atomic mass is 10.1. The van der Waals surface area contributed by atoms with E-state index in [1.165, 1.54) is 0 Å². The lowest BCUT2D eigenvalue weighted by molar-refractivity contribution is -0.115. The number of morpholine rings is 1. The van der Waals surface area contributed by atoms with Crippen LogP contribution in [0.1, 0.15) is 47.2 Å². The van der Waals surface area contributed by atoms with Crippen LogP contribution in [0.5, 0.6) is 0 Å². The van der Waals surface area contributed by atoms with Gasteiger partial charge in [0.1, 0.15) is 0 Å². The van der Waals surface area contributed by atoms with Gasteiger partial charge >= 0.3 is 0 Å². The summed E-state index contributed by atoms with van der Waals surface area (Å²) in [5, 5.41) is 3.88. The van der Waals surface area contributed by atoms with Gasteiger partial charge < -0.3 is 15.0 Å². The summed E-state index contributed by atoms with van der Waals surface area (Å²) < 4.78 is 5.20. The normalized spacial score (nSPS) is 13.2. The molecule has 3 rings (SSSR count). The number of amides is 1. The Bertz CT molecular complexity index is 738. The zero-order valence-corrected chi connectivity index (χ0v) is 16.0. The van der Waals surface area contributed by atoms with Gasteiger partial charge in [-0.2, -0.15) is 0 Å². The fourth-order valence-corrected chi connectivity index (χ4v) is 2.63. The summed E-state index contributed by atoms with van der Waals surface area (Å²) in [7, 11) is 0. The minimum Gasteiger partial charge on any atom is -0.378 e. The summed E-state index contributed by atoms with van der Waals surface area (Å²) in [6.07, 6.45) is 5.96. The molecule has 1 N–H and O–H groups in total. The first-order valence-corrected chi connectivity index (χ1v) is 9.28. The Labute approximate surface area is 170 Å². The van der Waals surface area contributed by atoms with Crippen molar-refractivity contribution in [2.24, 2.45) is 0 Å². The van der Waals surface area contributed by atoms with E-state index >= 15 is 0 Å². The van der Waals surface area contributed by atoms with Crippen LogP contribution in [-0.2, 0) is 9.53 Å². The topological polar surface area (TPSA) is 54.5 Å². The lowest BCUT2D eigenvalue weighted by Crippen LogP contribution is -2.31. The van der Waals surface area contributed by atoms with Crippen molar-refractivity contribution in [3.05, 3.63) is 48.3 Å². The SMILES string of the molecule is C.C.CCC(=O)Nc1cc(C)nc2ccccc12.CCC=CN1CCOCC1. The number of hydrogen-bond donors (Lipinski definition) is 1. The second-order valence-electron chi connectivity index (χ2n) is 6.17. The number of nitrogens with one attached hydrogen (secondary N) is 1. The molecular weight excluding hydrogens is 350 g/mol. The minimum absolute atomic E-state index is 0. The summed E-state index contributed by atoms with van der Waals surface area (Å²) in [6, 6.07) is 9.70. The average molecular weight is 388 g/mol. The van der Waals surface area contributed by atoms with E-state index in [2.05, 4.69) is 34.4 Å². The Morgan fingerprint density at radius 1 is 1.21 bits per heavy atom. The zero-order valence-electron chi connectivity index (χ0n) is 16.0. The summed E-state index contributed by atoms with van der Waals surface area (Å²) in [6.45, 7) is 9.78. The van der Waals surface area contributed by atoms with Crippen LogP contribution in [0, 0.1) is 6.92 Å². The quantitative estimate of drug-likeness (QED) is 0.762. The van der Waals surface area contributed by atoms with Crippen LogP contribution in [-0.4, -0.2) is 42.1 Å². The van der Waals surface area contributed by atoms with Crippen molar-refractivity contribution in [3.8, 4) is 0 Å². The van der Waals surface area contributed by atoms with E-state index in [-0.39, 0.29) is 20.8 Å². The zero-order chi connectivity index (χ0) is 18.8.